The Labute approximate surface area is 116 Å². The largest absolute Gasteiger partial charge is 0.388 e. The molecule has 2 aliphatic carbocycles. The fraction of sp³-hybridized carbons (Fsp3) is 0.933. The van der Waals surface area contributed by atoms with Gasteiger partial charge in [0.05, 0.1) is 5.60 Å². The summed E-state index contributed by atoms with van der Waals surface area (Å²) in [5.74, 6) is 0.620. The molecule has 0 heterocycles. The first-order valence-electron chi connectivity index (χ1n) is 7.86. The predicted octanol–water partition coefficient (Wildman–Crippen LogP) is 2.56. The molecule has 19 heavy (non-hydrogen) atoms. The molecule has 2 fully saturated rings. The van der Waals surface area contributed by atoms with E-state index in [2.05, 4.69) is 17.6 Å². The summed E-state index contributed by atoms with van der Waals surface area (Å²) in [5, 5.41) is 16.0. The highest BCUT2D eigenvalue weighted by molar-refractivity contribution is 5.74. The van der Waals surface area contributed by atoms with Crippen LogP contribution in [0.5, 0.6) is 0 Å². The molecular formula is C15H28N2O2. The molecule has 3 N–H and O–H groups in total. The van der Waals surface area contributed by atoms with Gasteiger partial charge < -0.3 is 15.7 Å². The Morgan fingerprint density at radius 1 is 1.21 bits per heavy atom. The fourth-order valence-electron chi connectivity index (χ4n) is 3.46. The number of amides is 2. The van der Waals surface area contributed by atoms with Gasteiger partial charge in [0.1, 0.15) is 0 Å². The van der Waals surface area contributed by atoms with E-state index >= 15 is 0 Å². The van der Waals surface area contributed by atoms with Crippen LogP contribution in [-0.4, -0.2) is 29.3 Å². The van der Waals surface area contributed by atoms with Crippen LogP contribution in [0.2, 0.25) is 0 Å². The van der Waals surface area contributed by atoms with E-state index in [0.717, 1.165) is 25.7 Å². The Morgan fingerprint density at radius 2 is 1.84 bits per heavy atom. The number of carbonyl (C=O) groups excluding carboxylic acids is 1. The van der Waals surface area contributed by atoms with Gasteiger partial charge in [-0.3, -0.25) is 0 Å². The average Bonchev–Trinajstić information content (AvgIpc) is 2.85. The Kier molecular flexibility index (Phi) is 5.08. The van der Waals surface area contributed by atoms with Crippen LogP contribution in [-0.2, 0) is 0 Å². The lowest BCUT2D eigenvalue weighted by Crippen LogP contribution is -2.49. The minimum atomic E-state index is -0.661. The highest BCUT2D eigenvalue weighted by Crippen LogP contribution is 2.28. The van der Waals surface area contributed by atoms with Crippen LogP contribution in [0.4, 0.5) is 4.79 Å². The lowest BCUT2D eigenvalue weighted by atomic mass is 9.85. The van der Waals surface area contributed by atoms with Gasteiger partial charge in [-0.25, -0.2) is 4.79 Å². The van der Waals surface area contributed by atoms with Crippen LogP contribution >= 0.6 is 0 Å². The minimum Gasteiger partial charge on any atom is -0.388 e. The van der Waals surface area contributed by atoms with E-state index in [-0.39, 0.29) is 12.1 Å². The van der Waals surface area contributed by atoms with E-state index in [1.807, 2.05) is 0 Å². The fourth-order valence-corrected chi connectivity index (χ4v) is 3.46. The van der Waals surface area contributed by atoms with Crippen LogP contribution in [0.25, 0.3) is 0 Å². The lowest BCUT2D eigenvalue weighted by Gasteiger charge is -2.29. The lowest BCUT2D eigenvalue weighted by molar-refractivity contribution is 0.0499. The van der Waals surface area contributed by atoms with Crippen LogP contribution < -0.4 is 10.6 Å². The molecule has 2 aliphatic rings. The number of hydrogen-bond acceptors (Lipinski definition) is 2. The molecule has 4 nitrogen and oxygen atoms in total. The van der Waals surface area contributed by atoms with Gasteiger partial charge in [-0.05, 0) is 38.5 Å². The quantitative estimate of drug-likeness (QED) is 0.734. The number of aliphatic hydroxyl groups is 1. The number of rotatable bonds is 4. The van der Waals surface area contributed by atoms with E-state index in [1.54, 1.807) is 0 Å². The van der Waals surface area contributed by atoms with Gasteiger partial charge in [-0.2, -0.15) is 0 Å². The van der Waals surface area contributed by atoms with Crippen LogP contribution in [0, 0.1) is 5.92 Å². The maximum atomic E-state index is 11.9. The molecule has 2 rings (SSSR count). The number of nitrogens with one attached hydrogen (secondary N) is 2. The van der Waals surface area contributed by atoms with Gasteiger partial charge in [0.2, 0.25) is 0 Å². The van der Waals surface area contributed by atoms with Gasteiger partial charge in [-0.1, -0.05) is 32.1 Å². The van der Waals surface area contributed by atoms with Crippen LogP contribution in [0.15, 0.2) is 0 Å². The third kappa shape index (κ3) is 4.37. The smallest absolute Gasteiger partial charge is 0.315 e. The summed E-state index contributed by atoms with van der Waals surface area (Å²) in [6, 6.07) is 0.108. The first-order chi connectivity index (χ1) is 9.09. The van der Waals surface area contributed by atoms with Crippen molar-refractivity contribution in [2.45, 2.75) is 76.4 Å². The Balaban J connectivity index is 1.68. The Hall–Kier alpha value is -0.770. The van der Waals surface area contributed by atoms with E-state index in [1.165, 1.54) is 32.1 Å². The van der Waals surface area contributed by atoms with Crippen molar-refractivity contribution in [3.63, 3.8) is 0 Å². The van der Waals surface area contributed by atoms with E-state index in [0.29, 0.717) is 12.5 Å². The maximum Gasteiger partial charge on any atom is 0.315 e. The molecular weight excluding hydrogens is 240 g/mol. The molecule has 1 atom stereocenters. The zero-order valence-corrected chi connectivity index (χ0v) is 12.1. The van der Waals surface area contributed by atoms with Gasteiger partial charge >= 0.3 is 6.03 Å². The van der Waals surface area contributed by atoms with Crippen molar-refractivity contribution in [2.75, 3.05) is 6.54 Å². The molecule has 0 aliphatic heterocycles. The molecule has 0 bridgehead atoms. The third-order valence-corrected chi connectivity index (χ3v) is 4.83. The summed E-state index contributed by atoms with van der Waals surface area (Å²) in [5.41, 5.74) is -0.661. The normalized spacial score (nSPS) is 24.9. The second kappa shape index (κ2) is 6.60. The molecule has 0 spiro atoms. The highest BCUT2D eigenvalue weighted by Gasteiger charge is 2.31. The number of hydrogen-bond donors (Lipinski definition) is 3. The standard InChI is InChI=1S/C15H28N2O2/c1-12(13-7-3-2-4-8-13)17-14(18)16-11-15(19)9-5-6-10-15/h12-13,19H,2-11H2,1H3,(H2,16,17,18). The summed E-state index contributed by atoms with van der Waals surface area (Å²) in [6.07, 6.45) is 10.1. The van der Waals surface area contributed by atoms with Crippen molar-refractivity contribution in [3.8, 4) is 0 Å². The van der Waals surface area contributed by atoms with Gasteiger partial charge in [-0.15, -0.1) is 0 Å². The number of carbonyl (C=O) groups is 1. The summed E-state index contributed by atoms with van der Waals surface area (Å²) < 4.78 is 0. The highest BCUT2D eigenvalue weighted by atomic mass is 16.3. The third-order valence-electron chi connectivity index (χ3n) is 4.83. The molecule has 110 valence electrons. The summed E-state index contributed by atoms with van der Waals surface area (Å²) >= 11 is 0. The Bertz CT molecular complexity index is 295. The molecule has 0 radical (unpaired) electrons. The minimum absolute atomic E-state index is 0.126. The molecule has 4 heteroatoms. The van der Waals surface area contributed by atoms with E-state index in [4.69, 9.17) is 0 Å². The zero-order valence-electron chi connectivity index (χ0n) is 12.1. The van der Waals surface area contributed by atoms with E-state index in [9.17, 15) is 9.90 Å². The first-order valence-corrected chi connectivity index (χ1v) is 7.86. The summed E-state index contributed by atoms with van der Waals surface area (Å²) in [4.78, 5) is 11.9. The van der Waals surface area contributed by atoms with Crippen LogP contribution in [0.1, 0.15) is 64.7 Å². The molecule has 0 aromatic carbocycles. The Morgan fingerprint density at radius 3 is 2.47 bits per heavy atom. The molecule has 2 amide bonds. The number of urea groups is 1. The first kappa shape index (κ1) is 14.6. The van der Waals surface area contributed by atoms with Gasteiger partial charge in [0, 0.05) is 12.6 Å². The van der Waals surface area contributed by atoms with Crippen molar-refractivity contribution >= 4 is 6.03 Å². The second-order valence-corrected chi connectivity index (χ2v) is 6.45. The van der Waals surface area contributed by atoms with Gasteiger partial charge in [0.15, 0.2) is 0 Å². The monoisotopic (exact) mass is 268 g/mol. The van der Waals surface area contributed by atoms with E-state index < -0.39 is 5.60 Å². The van der Waals surface area contributed by atoms with Crippen LogP contribution in [0.3, 0.4) is 0 Å². The zero-order chi connectivity index (χ0) is 13.7. The SMILES string of the molecule is CC(NC(=O)NCC1(O)CCCC1)C1CCCCC1. The topological polar surface area (TPSA) is 61.4 Å². The molecule has 0 aromatic rings. The second-order valence-electron chi connectivity index (χ2n) is 6.45. The average molecular weight is 268 g/mol. The van der Waals surface area contributed by atoms with Crippen molar-refractivity contribution in [3.05, 3.63) is 0 Å². The predicted molar refractivity (Wildman–Crippen MR) is 76.0 cm³/mol. The van der Waals surface area contributed by atoms with Crippen molar-refractivity contribution in [1.82, 2.24) is 10.6 Å². The van der Waals surface area contributed by atoms with Crippen molar-refractivity contribution in [2.24, 2.45) is 5.92 Å². The van der Waals surface area contributed by atoms with Crippen molar-refractivity contribution in [1.29, 1.82) is 0 Å². The molecule has 0 aromatic heterocycles. The summed E-state index contributed by atoms with van der Waals surface area (Å²) in [6.45, 7) is 2.48. The molecule has 2 saturated carbocycles. The summed E-state index contributed by atoms with van der Waals surface area (Å²) in [7, 11) is 0. The molecule has 0 saturated heterocycles. The van der Waals surface area contributed by atoms with Crippen molar-refractivity contribution < 1.29 is 9.90 Å². The maximum absolute atomic E-state index is 11.9. The van der Waals surface area contributed by atoms with Gasteiger partial charge in [0.25, 0.3) is 0 Å². The molecule has 1 unspecified atom stereocenters.